The Hall–Kier alpha value is -2.34. The topological polar surface area (TPSA) is 96.9 Å². The maximum absolute atomic E-state index is 12.6. The van der Waals surface area contributed by atoms with Crippen molar-refractivity contribution in [3.05, 3.63) is 95.2 Å². The van der Waals surface area contributed by atoms with Crippen LogP contribution in [0.4, 0.5) is 0 Å². The number of esters is 1. The van der Waals surface area contributed by atoms with Crippen LogP contribution in [0.2, 0.25) is 0 Å². The summed E-state index contributed by atoms with van der Waals surface area (Å²) in [6.07, 6.45) is 1.34. The molecule has 174 valence electrons. The molecular weight excluding hydrogens is 702 g/mol. The fourth-order valence-corrected chi connectivity index (χ4v) is 4.87. The number of amides is 2. The first-order valence-corrected chi connectivity index (χ1v) is 12.7. The van der Waals surface area contributed by atoms with Crippen LogP contribution in [0, 0.1) is 0 Å². The van der Waals surface area contributed by atoms with Crippen molar-refractivity contribution >= 4 is 87.7 Å². The van der Waals surface area contributed by atoms with Crippen LogP contribution in [0.25, 0.3) is 0 Å². The molecule has 0 atom stereocenters. The highest BCUT2D eigenvalue weighted by Crippen LogP contribution is 2.33. The van der Waals surface area contributed by atoms with Gasteiger partial charge in [0.25, 0.3) is 11.8 Å². The number of rotatable bonds is 7. The number of hydrogen-bond donors (Lipinski definition) is 2. The van der Waals surface area contributed by atoms with Gasteiger partial charge in [-0.25, -0.2) is 10.2 Å². The Kier molecular flexibility index (Phi) is 9.57. The third-order valence-corrected chi connectivity index (χ3v) is 6.44. The summed E-state index contributed by atoms with van der Waals surface area (Å²) in [4.78, 5) is 36.9. The third-order valence-electron chi connectivity index (χ3n) is 4.21. The number of halogens is 4. The van der Waals surface area contributed by atoms with E-state index in [1.54, 1.807) is 60.7 Å². The summed E-state index contributed by atoms with van der Waals surface area (Å²) in [7, 11) is 0. The van der Waals surface area contributed by atoms with Crippen LogP contribution in [0.3, 0.4) is 0 Å². The zero-order chi connectivity index (χ0) is 24.7. The second kappa shape index (κ2) is 12.4. The fourth-order valence-electron chi connectivity index (χ4n) is 2.67. The van der Waals surface area contributed by atoms with Gasteiger partial charge < -0.3 is 10.1 Å². The molecule has 0 aromatic heterocycles. The zero-order valence-electron chi connectivity index (χ0n) is 17.2. The van der Waals surface area contributed by atoms with Crippen LogP contribution < -0.4 is 15.5 Å². The first kappa shape index (κ1) is 26.3. The number of hydrazone groups is 1. The molecule has 34 heavy (non-hydrogen) atoms. The molecule has 0 fully saturated rings. The van der Waals surface area contributed by atoms with Gasteiger partial charge in [0.15, 0.2) is 5.75 Å². The van der Waals surface area contributed by atoms with E-state index in [4.69, 9.17) is 4.74 Å². The van der Waals surface area contributed by atoms with Crippen LogP contribution in [0.1, 0.15) is 26.3 Å². The van der Waals surface area contributed by atoms with Crippen molar-refractivity contribution in [3.63, 3.8) is 0 Å². The quantitative estimate of drug-likeness (QED) is 0.139. The summed E-state index contributed by atoms with van der Waals surface area (Å²) >= 11 is 13.4. The average Bonchev–Trinajstić information content (AvgIpc) is 2.79. The number of nitrogens with zero attached hydrogens (tertiary/aromatic N) is 1. The second-order valence-electron chi connectivity index (χ2n) is 6.66. The lowest BCUT2D eigenvalue weighted by Crippen LogP contribution is -2.35. The van der Waals surface area contributed by atoms with E-state index in [-0.39, 0.29) is 12.3 Å². The maximum Gasteiger partial charge on any atom is 0.343 e. The van der Waals surface area contributed by atoms with E-state index in [9.17, 15) is 14.4 Å². The summed E-state index contributed by atoms with van der Waals surface area (Å²) in [6.45, 7) is -0.273. The van der Waals surface area contributed by atoms with Gasteiger partial charge in [0.05, 0.1) is 28.4 Å². The number of benzene rings is 3. The van der Waals surface area contributed by atoms with Gasteiger partial charge in [-0.3, -0.25) is 9.59 Å². The molecule has 0 radical (unpaired) electrons. The second-order valence-corrected chi connectivity index (χ2v) is 10.2. The van der Waals surface area contributed by atoms with Crippen LogP contribution in [0.5, 0.6) is 5.75 Å². The van der Waals surface area contributed by atoms with Gasteiger partial charge >= 0.3 is 5.97 Å². The molecule has 0 spiro atoms. The van der Waals surface area contributed by atoms with Crippen molar-refractivity contribution in [1.82, 2.24) is 10.7 Å². The van der Waals surface area contributed by atoms with Gasteiger partial charge in [0, 0.05) is 19.0 Å². The molecule has 0 heterocycles. The smallest absolute Gasteiger partial charge is 0.343 e. The Labute approximate surface area is 228 Å². The van der Waals surface area contributed by atoms with Crippen molar-refractivity contribution in [3.8, 4) is 5.75 Å². The molecule has 0 aliphatic rings. The van der Waals surface area contributed by atoms with Crippen LogP contribution >= 0.6 is 63.7 Å². The average molecular weight is 717 g/mol. The monoisotopic (exact) mass is 713 g/mol. The largest absolute Gasteiger partial charge is 0.421 e. The van der Waals surface area contributed by atoms with Crippen molar-refractivity contribution in [2.75, 3.05) is 6.54 Å². The van der Waals surface area contributed by atoms with E-state index >= 15 is 0 Å². The van der Waals surface area contributed by atoms with E-state index in [0.29, 0.717) is 30.1 Å². The molecule has 0 bridgehead atoms. The Balaban J connectivity index is 1.66. The highest BCUT2D eigenvalue weighted by atomic mass is 79.9. The summed E-state index contributed by atoms with van der Waals surface area (Å²) in [5, 5.41) is 6.44. The van der Waals surface area contributed by atoms with Crippen molar-refractivity contribution in [2.24, 2.45) is 5.10 Å². The summed E-state index contributed by atoms with van der Waals surface area (Å²) in [5.74, 6) is -1.26. The van der Waals surface area contributed by atoms with Gasteiger partial charge in [-0.15, -0.1) is 0 Å². The molecule has 2 amide bonds. The van der Waals surface area contributed by atoms with Gasteiger partial charge in [0.2, 0.25) is 0 Å². The minimum Gasteiger partial charge on any atom is -0.421 e. The van der Waals surface area contributed by atoms with E-state index in [0.717, 1.165) is 4.47 Å². The fraction of sp³-hybridized carbons (Fsp3) is 0.0435. The number of nitrogens with one attached hydrogen (secondary N) is 2. The Morgan fingerprint density at radius 1 is 0.882 bits per heavy atom. The van der Waals surface area contributed by atoms with Gasteiger partial charge in [-0.2, -0.15) is 5.10 Å². The zero-order valence-corrected chi connectivity index (χ0v) is 23.5. The van der Waals surface area contributed by atoms with E-state index < -0.39 is 17.8 Å². The van der Waals surface area contributed by atoms with Crippen molar-refractivity contribution in [1.29, 1.82) is 0 Å². The number of hydrogen-bond acceptors (Lipinski definition) is 5. The van der Waals surface area contributed by atoms with Crippen LogP contribution in [-0.2, 0) is 4.79 Å². The molecule has 0 saturated heterocycles. The lowest BCUT2D eigenvalue weighted by Gasteiger charge is -2.11. The van der Waals surface area contributed by atoms with Crippen molar-refractivity contribution in [2.45, 2.75) is 0 Å². The number of ether oxygens (including phenoxy) is 1. The minimum atomic E-state index is -0.558. The molecule has 7 nitrogen and oxygen atoms in total. The van der Waals surface area contributed by atoms with Crippen molar-refractivity contribution < 1.29 is 19.1 Å². The van der Waals surface area contributed by atoms with E-state index in [1.807, 2.05) is 0 Å². The van der Waals surface area contributed by atoms with Crippen LogP contribution in [-0.4, -0.2) is 30.5 Å². The summed E-state index contributed by atoms with van der Waals surface area (Å²) < 4.78 is 8.16. The van der Waals surface area contributed by atoms with Crippen LogP contribution in [0.15, 0.2) is 83.7 Å². The predicted octanol–water partition coefficient (Wildman–Crippen LogP) is 5.84. The van der Waals surface area contributed by atoms with Gasteiger partial charge in [-0.05, 0) is 74.3 Å². The third kappa shape index (κ3) is 7.33. The predicted molar refractivity (Wildman–Crippen MR) is 143 cm³/mol. The Morgan fingerprint density at radius 3 is 2.38 bits per heavy atom. The highest BCUT2D eigenvalue weighted by molar-refractivity contribution is 9.11. The summed E-state index contributed by atoms with van der Waals surface area (Å²) in [5.41, 5.74) is 3.54. The molecule has 0 saturated carbocycles. The molecule has 2 N–H and O–H groups in total. The number of carbonyl (C=O) groups is 3. The van der Waals surface area contributed by atoms with Gasteiger partial charge in [-0.1, -0.05) is 50.1 Å². The molecule has 0 aliphatic carbocycles. The number of carbonyl (C=O) groups excluding carboxylic acids is 3. The SMILES string of the molecule is O=C(CNC(=O)c1ccccc1Br)N/N=C/c1cc(Br)cc(Br)c1OC(=O)c1cccc(Br)c1. The minimum absolute atomic E-state index is 0.230. The first-order valence-electron chi connectivity index (χ1n) is 9.56. The maximum atomic E-state index is 12.6. The molecule has 0 unspecified atom stereocenters. The molecule has 11 heteroatoms. The standard InChI is InChI=1S/C23H15Br4N3O4/c24-15-5-3-4-13(8-15)23(33)34-21-14(9-16(25)10-19(21)27)11-29-30-20(31)12-28-22(32)17-6-1-2-7-18(17)26/h1-11H,12H2,(H,28,32)(H,30,31)/b29-11+. The highest BCUT2D eigenvalue weighted by Gasteiger charge is 2.16. The molecular formula is C23H15Br4N3O4. The normalized spacial score (nSPS) is 10.7. The van der Waals surface area contributed by atoms with Gasteiger partial charge in [0.1, 0.15) is 0 Å². The molecule has 3 aromatic carbocycles. The summed E-state index contributed by atoms with van der Waals surface area (Å²) in [6, 6.07) is 17.1. The Morgan fingerprint density at radius 2 is 1.65 bits per heavy atom. The lowest BCUT2D eigenvalue weighted by atomic mass is 10.2. The lowest BCUT2D eigenvalue weighted by molar-refractivity contribution is -0.120. The molecule has 3 rings (SSSR count). The van der Waals surface area contributed by atoms with E-state index in [2.05, 4.69) is 79.6 Å². The first-order chi connectivity index (χ1) is 16.2. The Bertz CT molecular complexity index is 1280. The van der Waals surface area contributed by atoms with E-state index in [1.165, 1.54) is 6.21 Å². The molecule has 3 aromatic rings. The molecule has 0 aliphatic heterocycles.